The number of hydrogen-bond acceptors (Lipinski definition) is 3. The molecule has 0 atom stereocenters. The molecule has 0 radical (unpaired) electrons. The monoisotopic (exact) mass is 224 g/mol. The zero-order valence-electron chi connectivity index (χ0n) is 9.31. The van der Waals surface area contributed by atoms with Crippen LogP contribution in [0.15, 0.2) is 24.3 Å². The Hall–Kier alpha value is -1.55. The fraction of sp³-hybridized carbons (Fsp3) is 0.417. The highest BCUT2D eigenvalue weighted by Crippen LogP contribution is 2.17. The van der Waals surface area contributed by atoms with Crippen LogP contribution in [-0.4, -0.2) is 17.7 Å². The number of carboxylic acids is 1. The topological polar surface area (TPSA) is 55.8 Å². The minimum absolute atomic E-state index is 0.109. The molecule has 0 aliphatic rings. The number of aromatic carboxylic acids is 1. The third kappa shape index (κ3) is 3.90. The van der Waals surface area contributed by atoms with Crippen molar-refractivity contribution < 1.29 is 19.7 Å². The third-order valence-electron chi connectivity index (χ3n) is 2.10. The van der Waals surface area contributed by atoms with E-state index in [1.54, 1.807) is 18.2 Å². The predicted molar refractivity (Wildman–Crippen MR) is 59.5 cm³/mol. The lowest BCUT2D eigenvalue weighted by molar-refractivity contribution is -0.207. The Morgan fingerprint density at radius 3 is 2.75 bits per heavy atom. The first-order valence-corrected chi connectivity index (χ1v) is 5.37. The van der Waals surface area contributed by atoms with E-state index in [-0.39, 0.29) is 11.3 Å². The van der Waals surface area contributed by atoms with E-state index in [9.17, 15) is 4.79 Å². The molecule has 0 amide bonds. The van der Waals surface area contributed by atoms with Gasteiger partial charge in [-0.05, 0) is 18.6 Å². The second-order valence-corrected chi connectivity index (χ2v) is 3.41. The molecule has 0 bridgehead atoms. The van der Waals surface area contributed by atoms with Crippen LogP contribution in [0.25, 0.3) is 0 Å². The van der Waals surface area contributed by atoms with Crippen molar-refractivity contribution in [3.8, 4) is 5.75 Å². The van der Waals surface area contributed by atoms with Gasteiger partial charge >= 0.3 is 5.97 Å². The van der Waals surface area contributed by atoms with Gasteiger partial charge in [0.05, 0.1) is 6.61 Å². The van der Waals surface area contributed by atoms with E-state index in [4.69, 9.17) is 14.9 Å². The molecule has 0 aliphatic heterocycles. The SMILES string of the molecule is CCCCCOOc1ccccc1C(=O)O. The van der Waals surface area contributed by atoms with Gasteiger partial charge in [0, 0.05) is 0 Å². The summed E-state index contributed by atoms with van der Waals surface area (Å²) in [7, 11) is 0. The zero-order chi connectivity index (χ0) is 11.8. The highest BCUT2D eigenvalue weighted by molar-refractivity contribution is 5.90. The van der Waals surface area contributed by atoms with Crippen molar-refractivity contribution in [3.63, 3.8) is 0 Å². The molecule has 1 rings (SSSR count). The number of para-hydroxylation sites is 1. The van der Waals surface area contributed by atoms with Crippen molar-refractivity contribution in [2.75, 3.05) is 6.61 Å². The summed E-state index contributed by atoms with van der Waals surface area (Å²) in [6, 6.07) is 6.40. The Morgan fingerprint density at radius 2 is 2.06 bits per heavy atom. The molecule has 0 aliphatic carbocycles. The molecule has 1 N–H and O–H groups in total. The molecule has 0 fully saturated rings. The number of hydrogen-bond donors (Lipinski definition) is 1. The standard InChI is InChI=1S/C12H16O4/c1-2-3-6-9-15-16-11-8-5-4-7-10(11)12(13)14/h4-5,7-8H,2-3,6,9H2,1H3,(H,13,14). The van der Waals surface area contributed by atoms with Gasteiger partial charge in [-0.15, -0.1) is 0 Å². The maximum absolute atomic E-state index is 10.8. The average Bonchev–Trinajstić information content (AvgIpc) is 2.29. The highest BCUT2D eigenvalue weighted by atomic mass is 17.2. The van der Waals surface area contributed by atoms with Crippen LogP contribution in [-0.2, 0) is 4.89 Å². The van der Waals surface area contributed by atoms with Crippen molar-refractivity contribution >= 4 is 5.97 Å². The quantitative estimate of drug-likeness (QED) is 0.439. The lowest BCUT2D eigenvalue weighted by Crippen LogP contribution is -2.04. The molecule has 0 aromatic heterocycles. The van der Waals surface area contributed by atoms with E-state index >= 15 is 0 Å². The van der Waals surface area contributed by atoms with Crippen molar-refractivity contribution in [3.05, 3.63) is 29.8 Å². The third-order valence-corrected chi connectivity index (χ3v) is 2.10. The lowest BCUT2D eigenvalue weighted by Gasteiger charge is -2.06. The first-order chi connectivity index (χ1) is 7.75. The lowest BCUT2D eigenvalue weighted by atomic mass is 10.2. The fourth-order valence-electron chi connectivity index (χ4n) is 1.23. The first-order valence-electron chi connectivity index (χ1n) is 5.37. The molecule has 0 spiro atoms. The molecule has 1 aromatic carbocycles. The molecule has 0 unspecified atom stereocenters. The van der Waals surface area contributed by atoms with Crippen molar-refractivity contribution in [2.24, 2.45) is 0 Å². The largest absolute Gasteiger partial charge is 0.478 e. The smallest absolute Gasteiger partial charge is 0.339 e. The van der Waals surface area contributed by atoms with Gasteiger partial charge in [0.15, 0.2) is 5.75 Å². The Bertz CT molecular complexity index is 336. The van der Waals surface area contributed by atoms with Gasteiger partial charge in [-0.25, -0.2) is 4.79 Å². The predicted octanol–water partition coefficient (Wildman–Crippen LogP) is 2.89. The molecule has 88 valence electrons. The zero-order valence-corrected chi connectivity index (χ0v) is 9.31. The summed E-state index contributed by atoms with van der Waals surface area (Å²) in [6.07, 6.45) is 3.09. The van der Waals surface area contributed by atoms with Crippen LogP contribution in [0.5, 0.6) is 5.75 Å². The van der Waals surface area contributed by atoms with E-state index < -0.39 is 5.97 Å². The molecular weight excluding hydrogens is 208 g/mol. The van der Waals surface area contributed by atoms with Crippen molar-refractivity contribution in [2.45, 2.75) is 26.2 Å². The average molecular weight is 224 g/mol. The van der Waals surface area contributed by atoms with Crippen LogP contribution >= 0.6 is 0 Å². The number of benzene rings is 1. The Morgan fingerprint density at radius 1 is 1.31 bits per heavy atom. The van der Waals surface area contributed by atoms with Crippen molar-refractivity contribution in [1.82, 2.24) is 0 Å². The maximum atomic E-state index is 10.8. The summed E-state index contributed by atoms with van der Waals surface area (Å²) in [6.45, 7) is 2.57. The molecule has 0 saturated heterocycles. The number of carboxylic acid groups (broad SMARTS) is 1. The van der Waals surface area contributed by atoms with E-state index in [1.807, 2.05) is 0 Å². The van der Waals surface area contributed by atoms with E-state index in [0.717, 1.165) is 19.3 Å². The van der Waals surface area contributed by atoms with E-state index in [1.165, 1.54) is 6.07 Å². The van der Waals surface area contributed by atoms with E-state index in [2.05, 4.69) is 6.92 Å². The molecule has 4 nitrogen and oxygen atoms in total. The van der Waals surface area contributed by atoms with Crippen LogP contribution in [0.1, 0.15) is 36.5 Å². The molecule has 4 heteroatoms. The van der Waals surface area contributed by atoms with Gasteiger partial charge < -0.3 is 9.99 Å². The number of carbonyl (C=O) groups is 1. The Balaban J connectivity index is 2.44. The van der Waals surface area contributed by atoms with Gasteiger partial charge in [-0.3, -0.25) is 0 Å². The number of rotatable bonds is 7. The van der Waals surface area contributed by atoms with Crippen LogP contribution in [0.4, 0.5) is 0 Å². The van der Waals surface area contributed by atoms with Gasteiger partial charge in [0.25, 0.3) is 0 Å². The first kappa shape index (κ1) is 12.5. The molecule has 0 heterocycles. The summed E-state index contributed by atoms with van der Waals surface area (Å²) in [5.41, 5.74) is 0.109. The van der Waals surface area contributed by atoms with Gasteiger partial charge in [-0.2, -0.15) is 4.89 Å². The Kier molecular flexibility index (Phi) is 5.36. The summed E-state index contributed by atoms with van der Waals surface area (Å²) in [5, 5.41) is 8.87. The summed E-state index contributed by atoms with van der Waals surface area (Å²) in [5.74, 6) is -0.778. The molecule has 0 saturated carbocycles. The summed E-state index contributed by atoms with van der Waals surface area (Å²) < 4.78 is 0. The van der Waals surface area contributed by atoms with Crippen LogP contribution in [0.3, 0.4) is 0 Å². The molecule has 1 aromatic rings. The van der Waals surface area contributed by atoms with Gasteiger partial charge in [0.1, 0.15) is 5.56 Å². The van der Waals surface area contributed by atoms with Gasteiger partial charge in [0.2, 0.25) is 0 Å². The summed E-state index contributed by atoms with van der Waals surface area (Å²) in [4.78, 5) is 20.7. The second-order valence-electron chi connectivity index (χ2n) is 3.41. The minimum Gasteiger partial charge on any atom is -0.478 e. The molecule has 16 heavy (non-hydrogen) atoms. The van der Waals surface area contributed by atoms with Gasteiger partial charge in [-0.1, -0.05) is 31.9 Å². The Labute approximate surface area is 94.7 Å². The molecular formula is C12H16O4. The van der Waals surface area contributed by atoms with Crippen LogP contribution < -0.4 is 4.89 Å². The number of unbranched alkanes of at least 4 members (excludes halogenated alkanes) is 2. The minimum atomic E-state index is -1.02. The highest BCUT2D eigenvalue weighted by Gasteiger charge is 2.10. The summed E-state index contributed by atoms with van der Waals surface area (Å²) >= 11 is 0. The van der Waals surface area contributed by atoms with Crippen LogP contribution in [0.2, 0.25) is 0 Å². The van der Waals surface area contributed by atoms with E-state index in [0.29, 0.717) is 6.61 Å². The van der Waals surface area contributed by atoms with Crippen molar-refractivity contribution in [1.29, 1.82) is 0 Å². The normalized spacial score (nSPS) is 10.1. The maximum Gasteiger partial charge on any atom is 0.339 e. The van der Waals surface area contributed by atoms with Crippen LogP contribution in [0, 0.1) is 0 Å². The second kappa shape index (κ2) is 6.85. The fourth-order valence-corrected chi connectivity index (χ4v) is 1.23.